The molecule has 2 aliphatic rings. The molecule has 4 rings (SSSR count). The van der Waals surface area contributed by atoms with E-state index in [-0.39, 0.29) is 36.0 Å². The number of benzene rings is 2. The monoisotopic (exact) mass is 504 g/mol. The highest BCUT2D eigenvalue weighted by Crippen LogP contribution is 2.41. The van der Waals surface area contributed by atoms with Crippen LogP contribution in [0, 0.1) is 17.2 Å². The zero-order valence-electron chi connectivity index (χ0n) is 21.1. The summed E-state index contributed by atoms with van der Waals surface area (Å²) in [4.78, 5) is 38.7. The Morgan fingerprint density at radius 2 is 1.76 bits per heavy atom. The molecule has 8 heteroatoms. The number of hydrogen-bond acceptors (Lipinski definition) is 4. The molecule has 0 bridgehead atoms. The van der Waals surface area contributed by atoms with E-state index in [4.69, 9.17) is 11.1 Å². The molecular weight excluding hydrogens is 468 g/mol. The van der Waals surface area contributed by atoms with Crippen LogP contribution >= 0.6 is 0 Å². The zero-order chi connectivity index (χ0) is 26.4. The minimum absolute atomic E-state index is 0.0237. The van der Waals surface area contributed by atoms with Crippen molar-refractivity contribution in [1.29, 1.82) is 5.41 Å². The van der Waals surface area contributed by atoms with E-state index < -0.39 is 11.9 Å². The normalized spacial score (nSPS) is 22.9. The summed E-state index contributed by atoms with van der Waals surface area (Å²) in [6.07, 6.45) is 4.26. The Kier molecular flexibility index (Phi) is 8.58. The van der Waals surface area contributed by atoms with E-state index in [2.05, 4.69) is 17.4 Å². The van der Waals surface area contributed by atoms with Crippen molar-refractivity contribution in [1.82, 2.24) is 10.2 Å². The second-order valence-corrected chi connectivity index (χ2v) is 10.3. The molecular formula is C29H36N4O4. The van der Waals surface area contributed by atoms with Crippen molar-refractivity contribution in [2.45, 2.75) is 56.9 Å². The summed E-state index contributed by atoms with van der Waals surface area (Å²) in [6, 6.07) is 17.7. The molecule has 37 heavy (non-hydrogen) atoms. The van der Waals surface area contributed by atoms with Crippen LogP contribution in [0.1, 0.15) is 61.1 Å². The summed E-state index contributed by atoms with van der Waals surface area (Å²) >= 11 is 0. The molecule has 1 aliphatic carbocycles. The topological polar surface area (TPSA) is 137 Å². The Hall–Kier alpha value is -3.68. The fraction of sp³-hybridized carbons (Fsp3) is 0.448. The molecule has 1 saturated carbocycles. The lowest BCUT2D eigenvalue weighted by Crippen LogP contribution is -2.41. The van der Waals surface area contributed by atoms with Gasteiger partial charge in [-0.15, -0.1) is 0 Å². The SMILES string of the molecule is N=C(N)c1ccc(C2CC(C(=O)NCC[C@@H]3C[C@@H](CC(=O)O)C(=O)N3CCCc3ccccc3)C2)cc1. The number of hydrogen-bond donors (Lipinski definition) is 4. The van der Waals surface area contributed by atoms with Crippen LogP contribution in [0.25, 0.3) is 0 Å². The molecule has 196 valence electrons. The first-order chi connectivity index (χ1) is 17.8. The van der Waals surface area contributed by atoms with E-state index in [9.17, 15) is 19.5 Å². The Morgan fingerprint density at radius 3 is 2.41 bits per heavy atom. The maximum atomic E-state index is 12.9. The maximum absolute atomic E-state index is 12.9. The van der Waals surface area contributed by atoms with Gasteiger partial charge in [0.2, 0.25) is 11.8 Å². The number of nitrogens with zero attached hydrogens (tertiary/aromatic N) is 1. The van der Waals surface area contributed by atoms with E-state index in [1.807, 2.05) is 47.4 Å². The van der Waals surface area contributed by atoms with Gasteiger partial charge in [-0.05, 0) is 55.6 Å². The van der Waals surface area contributed by atoms with E-state index in [0.29, 0.717) is 37.4 Å². The molecule has 0 aromatic heterocycles. The van der Waals surface area contributed by atoms with E-state index in [0.717, 1.165) is 31.2 Å². The lowest BCUT2D eigenvalue weighted by molar-refractivity contribution is -0.142. The van der Waals surface area contributed by atoms with Crippen LogP contribution in [-0.4, -0.2) is 52.8 Å². The molecule has 0 unspecified atom stereocenters. The van der Waals surface area contributed by atoms with Crippen molar-refractivity contribution < 1.29 is 19.5 Å². The predicted molar refractivity (Wildman–Crippen MR) is 141 cm³/mol. The number of aliphatic carboxylic acids is 1. The highest BCUT2D eigenvalue weighted by atomic mass is 16.4. The lowest BCUT2D eigenvalue weighted by atomic mass is 9.71. The van der Waals surface area contributed by atoms with E-state index in [1.165, 1.54) is 5.56 Å². The standard InChI is InChI=1S/C29H36N4O4/c30-27(31)21-10-8-20(9-11-21)22-15-23(16-22)28(36)32-13-12-25-17-24(18-26(34)35)29(37)33(25)14-4-7-19-5-2-1-3-6-19/h1-3,5-6,8-11,22-25H,4,7,12-18H2,(H3,30,31)(H,32,36)(H,34,35)/t22?,23?,24-,25+/m0/s1. The Morgan fingerprint density at radius 1 is 1.05 bits per heavy atom. The average Bonchev–Trinajstić information content (AvgIpc) is 3.13. The van der Waals surface area contributed by atoms with Crippen LogP contribution in [0.3, 0.4) is 0 Å². The number of amides is 2. The van der Waals surface area contributed by atoms with Gasteiger partial charge in [0.15, 0.2) is 0 Å². The number of nitrogens with one attached hydrogen (secondary N) is 2. The third-order valence-electron chi connectivity index (χ3n) is 7.74. The number of carbonyl (C=O) groups is 3. The number of rotatable bonds is 12. The van der Waals surface area contributed by atoms with E-state index in [1.54, 1.807) is 0 Å². The van der Waals surface area contributed by atoms with Crippen LogP contribution in [-0.2, 0) is 20.8 Å². The van der Waals surface area contributed by atoms with Gasteiger partial charge in [0.1, 0.15) is 5.84 Å². The number of aryl methyl sites for hydroxylation is 1. The summed E-state index contributed by atoms with van der Waals surface area (Å²) in [6.45, 7) is 1.06. The Bertz CT molecular complexity index is 1110. The van der Waals surface area contributed by atoms with Gasteiger partial charge in [-0.1, -0.05) is 54.6 Å². The van der Waals surface area contributed by atoms with Gasteiger partial charge in [-0.25, -0.2) is 0 Å². The fourth-order valence-electron chi connectivity index (χ4n) is 5.56. The predicted octanol–water partition coefficient (Wildman–Crippen LogP) is 3.30. The van der Waals surface area contributed by atoms with E-state index >= 15 is 0 Å². The van der Waals surface area contributed by atoms with Gasteiger partial charge in [0.05, 0.1) is 12.3 Å². The van der Waals surface area contributed by atoms with Crippen LogP contribution in [0.5, 0.6) is 0 Å². The third-order valence-corrected chi connectivity index (χ3v) is 7.74. The second kappa shape index (κ2) is 12.0. The number of amidine groups is 1. The average molecular weight is 505 g/mol. The summed E-state index contributed by atoms with van der Waals surface area (Å²) in [5.74, 6) is -1.12. The van der Waals surface area contributed by atoms with Crippen molar-refractivity contribution in [3.63, 3.8) is 0 Å². The third kappa shape index (κ3) is 6.76. The minimum atomic E-state index is -0.952. The molecule has 2 atom stereocenters. The summed E-state index contributed by atoms with van der Waals surface area (Å²) in [5, 5.41) is 19.8. The molecule has 2 aromatic carbocycles. The first-order valence-corrected chi connectivity index (χ1v) is 13.1. The van der Waals surface area contributed by atoms with Crippen LogP contribution < -0.4 is 11.1 Å². The summed E-state index contributed by atoms with van der Waals surface area (Å²) in [5.41, 5.74) is 8.59. The van der Waals surface area contributed by atoms with Gasteiger partial charge in [0.25, 0.3) is 0 Å². The quantitative estimate of drug-likeness (QED) is 0.260. The smallest absolute Gasteiger partial charge is 0.304 e. The first kappa shape index (κ1) is 26.4. The molecule has 0 radical (unpaired) electrons. The number of carboxylic acid groups (broad SMARTS) is 1. The molecule has 2 fully saturated rings. The van der Waals surface area contributed by atoms with Crippen molar-refractivity contribution in [2.75, 3.05) is 13.1 Å². The molecule has 0 spiro atoms. The van der Waals surface area contributed by atoms with Gasteiger partial charge < -0.3 is 21.1 Å². The molecule has 2 aromatic rings. The first-order valence-electron chi connectivity index (χ1n) is 13.1. The lowest BCUT2D eigenvalue weighted by Gasteiger charge is -2.35. The summed E-state index contributed by atoms with van der Waals surface area (Å²) < 4.78 is 0. The van der Waals surface area contributed by atoms with Gasteiger partial charge >= 0.3 is 5.97 Å². The number of nitrogens with two attached hydrogens (primary N) is 1. The van der Waals surface area contributed by atoms with Crippen molar-refractivity contribution in [3.8, 4) is 0 Å². The summed E-state index contributed by atoms with van der Waals surface area (Å²) in [7, 11) is 0. The Labute approximate surface area is 217 Å². The second-order valence-electron chi connectivity index (χ2n) is 10.3. The molecule has 8 nitrogen and oxygen atoms in total. The number of nitrogen functional groups attached to an aromatic ring is 1. The molecule has 1 saturated heterocycles. The number of carbonyl (C=O) groups excluding carboxylic acids is 2. The zero-order valence-corrected chi connectivity index (χ0v) is 21.1. The van der Waals surface area contributed by atoms with Crippen molar-refractivity contribution in [3.05, 3.63) is 71.3 Å². The van der Waals surface area contributed by atoms with Crippen molar-refractivity contribution >= 4 is 23.6 Å². The Balaban J connectivity index is 1.24. The van der Waals surface area contributed by atoms with Gasteiger partial charge in [-0.3, -0.25) is 19.8 Å². The highest BCUT2D eigenvalue weighted by molar-refractivity contribution is 5.94. The number of likely N-dealkylation sites (tertiary alicyclic amines) is 1. The van der Waals surface area contributed by atoms with Crippen LogP contribution in [0.2, 0.25) is 0 Å². The fourth-order valence-corrected chi connectivity index (χ4v) is 5.56. The minimum Gasteiger partial charge on any atom is -0.481 e. The highest BCUT2D eigenvalue weighted by Gasteiger charge is 2.40. The van der Waals surface area contributed by atoms with Gasteiger partial charge in [-0.2, -0.15) is 0 Å². The van der Waals surface area contributed by atoms with Gasteiger partial charge in [0, 0.05) is 30.6 Å². The molecule has 2 amide bonds. The maximum Gasteiger partial charge on any atom is 0.304 e. The largest absolute Gasteiger partial charge is 0.481 e. The van der Waals surface area contributed by atoms with Crippen LogP contribution in [0.15, 0.2) is 54.6 Å². The molecule has 1 heterocycles. The van der Waals surface area contributed by atoms with Crippen LogP contribution in [0.4, 0.5) is 0 Å². The molecule has 1 aliphatic heterocycles. The number of carboxylic acids is 1. The van der Waals surface area contributed by atoms with Crippen molar-refractivity contribution in [2.24, 2.45) is 17.6 Å². The molecule has 5 N–H and O–H groups in total.